The normalized spacial score (nSPS) is 14.8. The van der Waals surface area contributed by atoms with Gasteiger partial charge in [0.2, 0.25) is 17.7 Å². The Morgan fingerprint density at radius 1 is 0.868 bits per heavy atom. The van der Waals surface area contributed by atoms with Crippen molar-refractivity contribution in [1.82, 2.24) is 16.0 Å². The molecule has 10 N–H and O–H groups in total. The number of hydrogen-bond donors (Lipinski definition) is 8. The number of amides is 3. The third-order valence-electron chi connectivity index (χ3n) is 6.14. The van der Waals surface area contributed by atoms with Crippen molar-refractivity contribution in [3.8, 4) is 5.75 Å². The monoisotopic (exact) mass is 537 g/mol. The molecular formula is C25H39N5O8. The van der Waals surface area contributed by atoms with Crippen molar-refractivity contribution >= 4 is 29.7 Å². The number of phenolic OH excluding ortho intramolecular Hbond substituents is 1. The predicted octanol–water partition coefficient (Wildman–Crippen LogP) is -0.549. The Balaban J connectivity index is 3.04. The number of aromatic hydroxyl groups is 1. The van der Waals surface area contributed by atoms with Gasteiger partial charge in [0.15, 0.2) is 0 Å². The van der Waals surface area contributed by atoms with Crippen LogP contribution in [0.15, 0.2) is 24.3 Å². The van der Waals surface area contributed by atoms with Crippen molar-refractivity contribution in [2.24, 2.45) is 17.4 Å². The Morgan fingerprint density at radius 3 is 1.95 bits per heavy atom. The van der Waals surface area contributed by atoms with Gasteiger partial charge in [0.1, 0.15) is 23.9 Å². The quantitative estimate of drug-likeness (QED) is 0.118. The topological polar surface area (TPSA) is 234 Å². The van der Waals surface area contributed by atoms with Gasteiger partial charge in [0.05, 0.1) is 12.5 Å². The molecule has 0 heterocycles. The van der Waals surface area contributed by atoms with Crippen LogP contribution in [-0.4, -0.2) is 75.7 Å². The van der Waals surface area contributed by atoms with E-state index in [0.717, 1.165) is 0 Å². The van der Waals surface area contributed by atoms with E-state index >= 15 is 0 Å². The number of aliphatic carboxylic acids is 2. The highest BCUT2D eigenvalue weighted by molar-refractivity contribution is 5.95. The van der Waals surface area contributed by atoms with E-state index in [4.69, 9.17) is 11.5 Å². The van der Waals surface area contributed by atoms with Crippen LogP contribution in [0.4, 0.5) is 0 Å². The standard InChI is InChI=1S/C25H39N5O8/c1-3-14(2)21(27)24(36)28-17(6-4-5-11-26)22(34)29-18(13-20(32)33)23(35)30-19(25(37)38)12-15-7-9-16(31)10-8-15/h7-10,14,17-19,21,31H,3-6,11-13,26-27H2,1-2H3,(H,28,36)(H,29,34)(H,30,35)(H,32,33)(H,37,38). The molecule has 3 amide bonds. The second kappa shape index (κ2) is 16.2. The molecule has 212 valence electrons. The molecule has 0 spiro atoms. The molecule has 1 aromatic carbocycles. The molecule has 5 unspecified atom stereocenters. The first-order valence-corrected chi connectivity index (χ1v) is 12.5. The Bertz CT molecular complexity index is 956. The first-order valence-electron chi connectivity index (χ1n) is 12.5. The molecule has 13 nitrogen and oxygen atoms in total. The molecule has 5 atom stereocenters. The smallest absolute Gasteiger partial charge is 0.326 e. The van der Waals surface area contributed by atoms with Crippen molar-refractivity contribution in [3.63, 3.8) is 0 Å². The number of nitrogens with one attached hydrogen (secondary N) is 3. The molecule has 0 bridgehead atoms. The largest absolute Gasteiger partial charge is 0.508 e. The molecule has 0 aliphatic heterocycles. The molecule has 1 rings (SSSR count). The molecule has 0 radical (unpaired) electrons. The maximum absolute atomic E-state index is 13.1. The Labute approximate surface area is 221 Å². The van der Waals surface area contributed by atoms with Gasteiger partial charge in [0.25, 0.3) is 0 Å². The van der Waals surface area contributed by atoms with Crippen LogP contribution in [0.3, 0.4) is 0 Å². The summed E-state index contributed by atoms with van der Waals surface area (Å²) in [7, 11) is 0. The predicted molar refractivity (Wildman–Crippen MR) is 138 cm³/mol. The average molecular weight is 538 g/mol. The molecule has 0 aliphatic rings. The summed E-state index contributed by atoms with van der Waals surface area (Å²) >= 11 is 0. The van der Waals surface area contributed by atoms with Crippen molar-refractivity contribution in [1.29, 1.82) is 0 Å². The number of carboxylic acids is 2. The van der Waals surface area contributed by atoms with Gasteiger partial charge in [-0.2, -0.15) is 0 Å². The van der Waals surface area contributed by atoms with Gasteiger partial charge in [-0.3, -0.25) is 19.2 Å². The number of rotatable bonds is 17. The number of carboxylic acid groups (broad SMARTS) is 2. The van der Waals surface area contributed by atoms with Crippen molar-refractivity contribution in [3.05, 3.63) is 29.8 Å². The number of carbonyl (C=O) groups is 5. The van der Waals surface area contributed by atoms with E-state index in [0.29, 0.717) is 31.4 Å². The van der Waals surface area contributed by atoms with Crippen LogP contribution in [0.2, 0.25) is 0 Å². The van der Waals surface area contributed by atoms with Gasteiger partial charge in [-0.25, -0.2) is 4.79 Å². The molecule has 13 heteroatoms. The summed E-state index contributed by atoms with van der Waals surface area (Å²) in [6, 6.07) is 0.637. The lowest BCUT2D eigenvalue weighted by Gasteiger charge is -2.25. The summed E-state index contributed by atoms with van der Waals surface area (Å²) in [6.45, 7) is 4.01. The fourth-order valence-corrected chi connectivity index (χ4v) is 3.54. The molecule has 0 aliphatic carbocycles. The number of carbonyl (C=O) groups excluding carboxylic acids is 3. The summed E-state index contributed by atoms with van der Waals surface area (Å²) in [5.41, 5.74) is 12.0. The minimum Gasteiger partial charge on any atom is -0.508 e. The van der Waals surface area contributed by atoms with Gasteiger partial charge in [-0.15, -0.1) is 0 Å². The third kappa shape index (κ3) is 11.1. The van der Waals surface area contributed by atoms with Crippen LogP contribution in [-0.2, 0) is 30.4 Å². The lowest BCUT2D eigenvalue weighted by atomic mass is 9.98. The van der Waals surface area contributed by atoms with Crippen LogP contribution in [0.5, 0.6) is 5.75 Å². The van der Waals surface area contributed by atoms with Crippen molar-refractivity contribution < 1.29 is 39.3 Å². The molecule has 0 aromatic heterocycles. The molecule has 38 heavy (non-hydrogen) atoms. The fraction of sp³-hybridized carbons (Fsp3) is 0.560. The fourth-order valence-electron chi connectivity index (χ4n) is 3.54. The highest BCUT2D eigenvalue weighted by atomic mass is 16.4. The number of unbranched alkanes of at least 4 members (excludes halogenated alkanes) is 1. The van der Waals surface area contributed by atoms with E-state index in [1.165, 1.54) is 24.3 Å². The number of phenols is 1. The maximum Gasteiger partial charge on any atom is 0.326 e. The molecule has 0 saturated heterocycles. The summed E-state index contributed by atoms with van der Waals surface area (Å²) in [5, 5.41) is 35.4. The number of benzene rings is 1. The van der Waals surface area contributed by atoms with Crippen LogP contribution < -0.4 is 27.4 Å². The van der Waals surface area contributed by atoms with Gasteiger partial charge in [-0.05, 0) is 49.4 Å². The SMILES string of the molecule is CCC(C)C(N)C(=O)NC(CCCCN)C(=O)NC(CC(=O)O)C(=O)NC(Cc1ccc(O)cc1)C(=O)O. The van der Waals surface area contributed by atoms with E-state index in [2.05, 4.69) is 16.0 Å². The van der Waals surface area contributed by atoms with E-state index in [1.54, 1.807) is 6.92 Å². The summed E-state index contributed by atoms with van der Waals surface area (Å²) < 4.78 is 0. The first-order chi connectivity index (χ1) is 17.9. The van der Waals surface area contributed by atoms with Crippen molar-refractivity contribution in [2.45, 2.75) is 76.5 Å². The zero-order chi connectivity index (χ0) is 28.8. The van der Waals surface area contributed by atoms with Gasteiger partial charge >= 0.3 is 11.9 Å². The zero-order valence-corrected chi connectivity index (χ0v) is 21.7. The van der Waals surface area contributed by atoms with E-state index in [9.17, 15) is 39.3 Å². The highest BCUT2D eigenvalue weighted by Crippen LogP contribution is 2.12. The zero-order valence-electron chi connectivity index (χ0n) is 21.7. The van der Waals surface area contributed by atoms with Gasteiger partial charge in [-0.1, -0.05) is 32.4 Å². The van der Waals surface area contributed by atoms with E-state index < -0.39 is 60.2 Å². The third-order valence-corrected chi connectivity index (χ3v) is 6.14. The first kappa shape index (κ1) is 32.3. The number of nitrogens with two attached hydrogens (primary N) is 2. The van der Waals surface area contributed by atoms with Crippen LogP contribution in [0.25, 0.3) is 0 Å². The Kier molecular flexibility index (Phi) is 13.8. The second-order valence-corrected chi connectivity index (χ2v) is 9.19. The summed E-state index contributed by atoms with van der Waals surface area (Å²) in [6.07, 6.45) is 0.861. The van der Waals surface area contributed by atoms with Crippen molar-refractivity contribution in [2.75, 3.05) is 6.54 Å². The minimum absolute atomic E-state index is 0.0212. The number of hydrogen-bond acceptors (Lipinski definition) is 8. The van der Waals surface area contributed by atoms with Crippen LogP contribution in [0, 0.1) is 5.92 Å². The maximum atomic E-state index is 13.1. The Hall–Kier alpha value is -3.71. The second-order valence-electron chi connectivity index (χ2n) is 9.19. The minimum atomic E-state index is -1.61. The summed E-state index contributed by atoms with van der Waals surface area (Å²) in [4.78, 5) is 61.7. The van der Waals surface area contributed by atoms with Gasteiger partial charge in [0, 0.05) is 6.42 Å². The lowest BCUT2D eigenvalue weighted by Crippen LogP contribution is -2.58. The van der Waals surface area contributed by atoms with E-state index in [-0.39, 0.29) is 24.5 Å². The molecule has 0 saturated carbocycles. The average Bonchev–Trinajstić information content (AvgIpc) is 2.87. The lowest BCUT2D eigenvalue weighted by molar-refractivity contribution is -0.143. The van der Waals surface area contributed by atoms with Crippen LogP contribution in [0.1, 0.15) is 51.5 Å². The van der Waals surface area contributed by atoms with Gasteiger partial charge < -0.3 is 42.7 Å². The molecule has 1 aromatic rings. The summed E-state index contributed by atoms with van der Waals surface area (Å²) in [5.74, 6) is -5.35. The van der Waals surface area contributed by atoms with E-state index in [1.807, 2.05) is 6.92 Å². The Morgan fingerprint density at radius 2 is 1.42 bits per heavy atom. The molecule has 0 fully saturated rings. The highest BCUT2D eigenvalue weighted by Gasteiger charge is 2.32. The van der Waals surface area contributed by atoms with Crippen LogP contribution >= 0.6 is 0 Å². The molecular weight excluding hydrogens is 498 g/mol.